The highest BCUT2D eigenvalue weighted by molar-refractivity contribution is 9.12. The molecule has 0 radical (unpaired) electrons. The number of ether oxygens (including phenoxy) is 2. The molecule has 0 saturated heterocycles. The molecule has 0 aliphatic heterocycles. The fourth-order valence-electron chi connectivity index (χ4n) is 4.75. The van der Waals surface area contributed by atoms with E-state index >= 15 is 0 Å². The number of amides is 1. The Bertz CT molecular complexity index is 2250. The van der Waals surface area contributed by atoms with Gasteiger partial charge in [-0.15, -0.1) is 18.9 Å². The van der Waals surface area contributed by atoms with Gasteiger partial charge < -0.3 is 25.2 Å². The highest BCUT2D eigenvalue weighted by atomic mass is 79.9. The van der Waals surface area contributed by atoms with Crippen LogP contribution in [0, 0.1) is 0 Å². The molecule has 0 fully saturated rings. The average Bonchev–Trinajstić information content (AvgIpc) is 3.16. The number of phenols is 1. The predicted molar refractivity (Wildman–Crippen MR) is 211 cm³/mol. The molecule has 56 heavy (non-hydrogen) atoms. The van der Waals surface area contributed by atoms with Gasteiger partial charge in [-0.2, -0.15) is 8.42 Å². The van der Waals surface area contributed by atoms with E-state index in [1.54, 1.807) is 31.2 Å². The van der Waals surface area contributed by atoms with Crippen molar-refractivity contribution in [2.75, 3.05) is 41.7 Å². The van der Waals surface area contributed by atoms with Crippen LogP contribution in [0.25, 0.3) is 10.8 Å². The molecule has 0 aliphatic rings. The Morgan fingerprint density at radius 2 is 1.73 bits per heavy atom. The molecule has 25 heteroatoms. The summed E-state index contributed by atoms with van der Waals surface area (Å²) in [5.74, 6) is -1.00. The number of rotatable bonds is 22. The van der Waals surface area contributed by atoms with Gasteiger partial charge in [-0.05, 0) is 67.3 Å². The first kappa shape index (κ1) is 45.6. The highest BCUT2D eigenvalue weighted by Gasteiger charge is 2.25. The minimum Gasteiger partial charge on any atom is -0.505 e. The number of anilines is 2. The molecule has 0 aromatic heterocycles. The number of azo groups is 1. The predicted octanol–water partition coefficient (Wildman–Crippen LogP) is 7.81. The zero-order valence-corrected chi connectivity index (χ0v) is 35.1. The van der Waals surface area contributed by atoms with E-state index in [1.165, 1.54) is 24.3 Å². The van der Waals surface area contributed by atoms with Crippen molar-refractivity contribution >= 4 is 115 Å². The van der Waals surface area contributed by atoms with E-state index in [-0.39, 0.29) is 68.3 Å². The molecule has 19 nitrogen and oxygen atoms in total. The summed E-state index contributed by atoms with van der Waals surface area (Å²) in [4.78, 5) is 10.9. The molecule has 6 N–H and O–H groups in total. The maximum absolute atomic E-state index is 13.0. The number of aromatic hydroxyl groups is 1. The van der Waals surface area contributed by atoms with Crippen molar-refractivity contribution in [3.8, 4) is 11.5 Å². The van der Waals surface area contributed by atoms with Gasteiger partial charge in [0.05, 0.1) is 39.6 Å². The average molecular weight is 989 g/mol. The van der Waals surface area contributed by atoms with Crippen molar-refractivity contribution in [2.24, 2.45) is 10.2 Å². The number of carbonyl (C=O) groups excluding carboxylic acids is 1. The van der Waals surface area contributed by atoms with Crippen LogP contribution in [0.3, 0.4) is 0 Å². The summed E-state index contributed by atoms with van der Waals surface area (Å²) in [6, 6.07) is 13.8. The second-order valence-electron chi connectivity index (χ2n) is 10.9. The fourth-order valence-corrected chi connectivity index (χ4v) is 8.12. The molecule has 0 saturated carbocycles. The first-order valence-electron chi connectivity index (χ1n) is 15.7. The summed E-state index contributed by atoms with van der Waals surface area (Å²) in [6.45, 7) is 2.15. The Morgan fingerprint density at radius 1 is 0.982 bits per heavy atom. The SMILES string of the molecule is CCOCCCS(=O)(=O)c1ccc(N=Nc2c(S(=O)(=O)O)cc3cc(SOOO)cc(NCOc4cccc(NC(=O)C(Br)CBr)c4)c3c2O)c(SOOO)c1. The third-order valence-electron chi connectivity index (χ3n) is 7.19. The molecule has 1 amide bonds. The Labute approximate surface area is 345 Å². The van der Waals surface area contributed by atoms with Crippen molar-refractivity contribution in [3.63, 3.8) is 0 Å². The molecule has 0 spiro atoms. The summed E-state index contributed by atoms with van der Waals surface area (Å²) in [7, 11) is -8.93. The van der Waals surface area contributed by atoms with Crippen LogP contribution in [0.1, 0.15) is 13.3 Å². The van der Waals surface area contributed by atoms with Gasteiger partial charge in [-0.3, -0.25) is 9.35 Å². The number of hydrogen-bond acceptors (Lipinski definition) is 19. The van der Waals surface area contributed by atoms with Crippen LogP contribution in [0.15, 0.2) is 90.5 Å². The van der Waals surface area contributed by atoms with Gasteiger partial charge in [-0.25, -0.2) is 18.9 Å². The van der Waals surface area contributed by atoms with Crippen LogP contribution in [-0.4, -0.2) is 78.8 Å². The number of hydrogen-bond donors (Lipinski definition) is 6. The second-order valence-corrected chi connectivity index (χ2v) is 17.6. The molecule has 4 aromatic rings. The van der Waals surface area contributed by atoms with Crippen molar-refractivity contribution in [3.05, 3.63) is 60.7 Å². The summed E-state index contributed by atoms with van der Waals surface area (Å²) < 4.78 is 81.4. The number of sulfone groups is 1. The number of carbonyl (C=O) groups is 1. The zero-order valence-electron chi connectivity index (χ0n) is 28.7. The van der Waals surface area contributed by atoms with Gasteiger partial charge >= 0.3 is 0 Å². The molecular weight excluding hydrogens is 956 g/mol. The van der Waals surface area contributed by atoms with E-state index in [9.17, 15) is 31.3 Å². The van der Waals surface area contributed by atoms with Gasteiger partial charge in [0, 0.05) is 46.3 Å². The lowest BCUT2D eigenvalue weighted by molar-refractivity contribution is -0.432. The first-order valence-corrected chi connectivity index (χ1v) is 22.3. The number of alkyl halides is 2. The van der Waals surface area contributed by atoms with E-state index in [0.717, 1.165) is 12.1 Å². The van der Waals surface area contributed by atoms with Crippen LogP contribution in [0.5, 0.6) is 11.5 Å². The second kappa shape index (κ2) is 21.6. The number of halogens is 2. The first-order chi connectivity index (χ1) is 26.7. The summed E-state index contributed by atoms with van der Waals surface area (Å²) in [5.41, 5.74) is -0.300. The molecule has 0 heterocycles. The topological polar surface area (TPSA) is 270 Å². The quantitative estimate of drug-likeness (QED) is 0.00640. The Balaban J connectivity index is 1.74. The highest BCUT2D eigenvalue weighted by Crippen LogP contribution is 2.46. The van der Waals surface area contributed by atoms with E-state index in [0.29, 0.717) is 47.5 Å². The Hall–Kier alpha value is -3.15. The molecule has 4 aromatic carbocycles. The molecule has 1 unspecified atom stereocenters. The van der Waals surface area contributed by atoms with E-state index < -0.39 is 41.1 Å². The van der Waals surface area contributed by atoms with Crippen molar-refractivity contribution in [1.29, 1.82) is 0 Å². The number of phenolic OH excluding ortho intramolecular Hbond substituents is 1. The van der Waals surface area contributed by atoms with Crippen molar-refractivity contribution in [2.45, 2.75) is 37.8 Å². The van der Waals surface area contributed by atoms with Crippen LogP contribution in [-0.2, 0) is 48.2 Å². The van der Waals surface area contributed by atoms with Crippen molar-refractivity contribution < 1.29 is 70.0 Å². The van der Waals surface area contributed by atoms with Gasteiger partial charge in [0.25, 0.3) is 10.1 Å². The number of fused-ring (bicyclic) bond motifs is 1. The van der Waals surface area contributed by atoms with Crippen LogP contribution in [0.4, 0.5) is 22.7 Å². The standard InChI is InChI=1S/C31H32Br2N4O15S4/c1-2-47-9-4-10-55(42,43)22-7-8-24(26(15-22)54-52-50-41)36-37-29-27(56(44,45)46)12-18-11-21(53-51-49-40)14-25(28(18)30(29)38)34-17-48-20-6-3-5-19(13-20)35-31(39)23(33)16-32/h3,5-8,11-15,23,34,38,40-41H,2,4,9-10,16-17H2,1H3,(H,35,39)(H,44,45,46). The lowest BCUT2D eigenvalue weighted by Gasteiger charge is -2.16. The van der Waals surface area contributed by atoms with E-state index in [4.69, 9.17) is 20.0 Å². The van der Waals surface area contributed by atoms with Crippen LogP contribution < -0.4 is 15.4 Å². The molecule has 1 atom stereocenters. The minimum absolute atomic E-state index is 0.0209. The molecule has 0 bridgehead atoms. The zero-order chi connectivity index (χ0) is 40.9. The number of benzene rings is 4. The van der Waals surface area contributed by atoms with Gasteiger partial charge in [-0.1, -0.05) is 48.0 Å². The maximum Gasteiger partial charge on any atom is 0.296 e. The molecule has 304 valence electrons. The smallest absolute Gasteiger partial charge is 0.296 e. The van der Waals surface area contributed by atoms with E-state index in [1.807, 2.05) is 0 Å². The normalized spacial score (nSPS) is 12.6. The minimum atomic E-state index is -5.10. The summed E-state index contributed by atoms with van der Waals surface area (Å²) in [5, 5.41) is 50.4. The van der Waals surface area contributed by atoms with Gasteiger partial charge in [0.1, 0.15) is 26.8 Å². The fraction of sp³-hybridized carbons (Fsp3) is 0.258. The van der Waals surface area contributed by atoms with E-state index in [2.05, 4.69) is 71.5 Å². The lowest BCUT2D eigenvalue weighted by atomic mass is 10.1. The maximum atomic E-state index is 13.0. The largest absolute Gasteiger partial charge is 0.505 e. The Morgan fingerprint density at radius 3 is 2.43 bits per heavy atom. The Kier molecular flexibility index (Phi) is 17.5. The molecule has 0 aliphatic carbocycles. The third kappa shape index (κ3) is 12.7. The molecular formula is C31H32Br2N4O15S4. The van der Waals surface area contributed by atoms with Gasteiger partial charge in [0.15, 0.2) is 22.3 Å². The van der Waals surface area contributed by atoms with Crippen LogP contribution in [0.2, 0.25) is 0 Å². The van der Waals surface area contributed by atoms with Crippen molar-refractivity contribution in [1.82, 2.24) is 0 Å². The summed E-state index contributed by atoms with van der Waals surface area (Å²) >= 11 is 7.34. The number of nitrogens with one attached hydrogen (secondary N) is 2. The third-order valence-corrected chi connectivity index (χ3v) is 13.3. The van der Waals surface area contributed by atoms with Gasteiger partial charge in [0.2, 0.25) is 5.91 Å². The monoisotopic (exact) mass is 986 g/mol. The summed E-state index contributed by atoms with van der Waals surface area (Å²) in [6.07, 6.45) is 0.212. The number of nitrogens with zero attached hydrogens (tertiary/aromatic N) is 2. The molecule has 4 rings (SSSR count). The lowest BCUT2D eigenvalue weighted by Crippen LogP contribution is -2.23. The van der Waals surface area contributed by atoms with Crippen LogP contribution >= 0.6 is 55.9 Å².